The molecule has 0 saturated heterocycles. The molecule has 0 bridgehead atoms. The normalized spacial score (nSPS) is 10.7. The van der Waals surface area contributed by atoms with Crippen molar-refractivity contribution < 1.29 is 9.53 Å². The van der Waals surface area contributed by atoms with E-state index in [0.717, 1.165) is 44.1 Å². The Morgan fingerprint density at radius 1 is 1.36 bits per heavy atom. The maximum Gasteiger partial charge on any atom is 0.235 e. The highest BCUT2D eigenvalue weighted by molar-refractivity contribution is 8.00. The van der Waals surface area contributed by atoms with Crippen molar-refractivity contribution in [3.05, 3.63) is 45.8 Å². The summed E-state index contributed by atoms with van der Waals surface area (Å²) in [6.07, 6.45) is 0.834. The SMILES string of the molecule is CCc1cc2ccc(OC)cc2nc1SCC(=O)Nc1sc(C)c(C)c1C#N. The van der Waals surface area contributed by atoms with Crippen LogP contribution in [0.4, 0.5) is 5.00 Å². The molecule has 0 aliphatic rings. The van der Waals surface area contributed by atoms with Gasteiger partial charge < -0.3 is 10.1 Å². The van der Waals surface area contributed by atoms with Crippen LogP contribution in [0.5, 0.6) is 5.75 Å². The molecular formula is C21H21N3O2S2. The predicted molar refractivity (Wildman–Crippen MR) is 116 cm³/mol. The first-order valence-corrected chi connectivity index (χ1v) is 10.7. The average Bonchev–Trinajstić information content (AvgIpc) is 2.97. The number of pyridine rings is 1. The monoisotopic (exact) mass is 411 g/mol. The number of thiophene rings is 1. The molecule has 0 atom stereocenters. The van der Waals surface area contributed by atoms with Gasteiger partial charge in [-0.1, -0.05) is 18.7 Å². The third-order valence-corrected chi connectivity index (χ3v) is 6.69. The molecule has 28 heavy (non-hydrogen) atoms. The van der Waals surface area contributed by atoms with Gasteiger partial charge in [-0.05, 0) is 49.6 Å². The van der Waals surface area contributed by atoms with E-state index in [1.807, 2.05) is 32.0 Å². The number of nitriles is 1. The molecule has 0 aliphatic carbocycles. The van der Waals surface area contributed by atoms with Crippen LogP contribution in [0.2, 0.25) is 0 Å². The Bertz CT molecular complexity index is 1080. The van der Waals surface area contributed by atoms with E-state index in [2.05, 4.69) is 24.4 Å². The summed E-state index contributed by atoms with van der Waals surface area (Å²) in [7, 11) is 1.63. The highest BCUT2D eigenvalue weighted by Crippen LogP contribution is 2.32. The van der Waals surface area contributed by atoms with E-state index >= 15 is 0 Å². The van der Waals surface area contributed by atoms with Gasteiger partial charge in [0.25, 0.3) is 0 Å². The molecule has 0 unspecified atom stereocenters. The van der Waals surface area contributed by atoms with Gasteiger partial charge in [0, 0.05) is 16.3 Å². The summed E-state index contributed by atoms with van der Waals surface area (Å²) < 4.78 is 5.28. The molecule has 5 nitrogen and oxygen atoms in total. The van der Waals surface area contributed by atoms with Crippen molar-refractivity contribution in [3.63, 3.8) is 0 Å². The number of methoxy groups -OCH3 is 1. The highest BCUT2D eigenvalue weighted by atomic mass is 32.2. The smallest absolute Gasteiger partial charge is 0.235 e. The lowest BCUT2D eigenvalue weighted by molar-refractivity contribution is -0.113. The molecule has 0 aliphatic heterocycles. The summed E-state index contributed by atoms with van der Waals surface area (Å²) in [5.74, 6) is 0.846. The number of carbonyl (C=O) groups is 1. The lowest BCUT2D eigenvalue weighted by Crippen LogP contribution is -2.14. The molecule has 0 radical (unpaired) electrons. The van der Waals surface area contributed by atoms with Gasteiger partial charge in [-0.2, -0.15) is 5.26 Å². The fraction of sp³-hybridized carbons (Fsp3) is 0.286. The van der Waals surface area contributed by atoms with E-state index in [-0.39, 0.29) is 11.7 Å². The van der Waals surface area contributed by atoms with Crippen molar-refractivity contribution in [1.29, 1.82) is 5.26 Å². The molecule has 0 fully saturated rings. The topological polar surface area (TPSA) is 75.0 Å². The number of hydrogen-bond donors (Lipinski definition) is 1. The van der Waals surface area contributed by atoms with Gasteiger partial charge in [0.2, 0.25) is 5.91 Å². The number of benzene rings is 1. The van der Waals surface area contributed by atoms with Crippen molar-refractivity contribution in [1.82, 2.24) is 4.98 Å². The Morgan fingerprint density at radius 2 is 2.14 bits per heavy atom. The van der Waals surface area contributed by atoms with Gasteiger partial charge in [0.15, 0.2) is 0 Å². The van der Waals surface area contributed by atoms with Crippen LogP contribution in [-0.4, -0.2) is 23.8 Å². The first kappa shape index (κ1) is 20.2. The summed E-state index contributed by atoms with van der Waals surface area (Å²) >= 11 is 2.85. The second-order valence-corrected chi connectivity index (χ2v) is 8.49. The van der Waals surface area contributed by atoms with Crippen LogP contribution < -0.4 is 10.1 Å². The maximum atomic E-state index is 12.5. The van der Waals surface area contributed by atoms with Crippen LogP contribution in [0.3, 0.4) is 0 Å². The van der Waals surface area contributed by atoms with E-state index < -0.39 is 0 Å². The Morgan fingerprint density at radius 3 is 2.82 bits per heavy atom. The minimum Gasteiger partial charge on any atom is -0.497 e. The molecule has 1 N–H and O–H groups in total. The Labute approximate surface area is 172 Å². The lowest BCUT2D eigenvalue weighted by atomic mass is 10.1. The molecule has 0 spiro atoms. The van der Waals surface area contributed by atoms with Crippen LogP contribution in [-0.2, 0) is 11.2 Å². The van der Waals surface area contributed by atoms with E-state index in [1.54, 1.807) is 7.11 Å². The number of nitrogens with zero attached hydrogens (tertiary/aromatic N) is 2. The third kappa shape index (κ3) is 4.13. The number of nitrogens with one attached hydrogen (secondary N) is 1. The van der Waals surface area contributed by atoms with Crippen LogP contribution in [0.25, 0.3) is 10.9 Å². The zero-order valence-corrected chi connectivity index (χ0v) is 17.9. The van der Waals surface area contributed by atoms with Crippen molar-refractivity contribution in [3.8, 4) is 11.8 Å². The van der Waals surface area contributed by atoms with Gasteiger partial charge >= 0.3 is 0 Å². The molecule has 2 aromatic heterocycles. The van der Waals surface area contributed by atoms with Crippen molar-refractivity contribution in [2.45, 2.75) is 32.2 Å². The molecule has 0 saturated carbocycles. The molecule has 3 aromatic rings. The number of anilines is 1. The zero-order chi connectivity index (χ0) is 20.3. The summed E-state index contributed by atoms with van der Waals surface area (Å²) in [4.78, 5) is 18.2. The number of amides is 1. The van der Waals surface area contributed by atoms with Gasteiger partial charge in [0.05, 0.1) is 23.9 Å². The second-order valence-electron chi connectivity index (χ2n) is 6.30. The number of fused-ring (bicyclic) bond motifs is 1. The number of carbonyl (C=O) groups excluding carboxylic acids is 1. The van der Waals surface area contributed by atoms with Gasteiger partial charge in [-0.15, -0.1) is 11.3 Å². The Balaban J connectivity index is 1.78. The fourth-order valence-electron chi connectivity index (χ4n) is 2.82. The van der Waals surface area contributed by atoms with Crippen molar-refractivity contribution >= 4 is 44.9 Å². The predicted octanol–water partition coefficient (Wildman–Crippen LogP) is 5.09. The molecule has 2 heterocycles. The third-order valence-electron chi connectivity index (χ3n) is 4.53. The minimum atomic E-state index is -0.141. The summed E-state index contributed by atoms with van der Waals surface area (Å²) in [6.45, 7) is 5.93. The van der Waals surface area contributed by atoms with Gasteiger partial charge in [-0.3, -0.25) is 4.79 Å². The van der Waals surface area contributed by atoms with Crippen LogP contribution in [0.1, 0.15) is 28.5 Å². The van der Waals surface area contributed by atoms with Crippen molar-refractivity contribution in [2.75, 3.05) is 18.2 Å². The van der Waals surface area contributed by atoms with Crippen molar-refractivity contribution in [2.24, 2.45) is 0 Å². The minimum absolute atomic E-state index is 0.141. The van der Waals surface area contributed by atoms with E-state index in [0.29, 0.717) is 10.6 Å². The summed E-state index contributed by atoms with van der Waals surface area (Å²) in [5, 5.41) is 14.7. The maximum absolute atomic E-state index is 12.5. The summed E-state index contributed by atoms with van der Waals surface area (Å²) in [5.41, 5.74) is 3.42. The summed E-state index contributed by atoms with van der Waals surface area (Å²) in [6, 6.07) is 10.1. The van der Waals surface area contributed by atoms with Crippen LogP contribution in [0.15, 0.2) is 29.3 Å². The van der Waals surface area contributed by atoms with Crippen LogP contribution in [0, 0.1) is 25.2 Å². The number of hydrogen-bond acceptors (Lipinski definition) is 6. The molecule has 7 heteroatoms. The lowest BCUT2D eigenvalue weighted by Gasteiger charge is -2.10. The van der Waals surface area contributed by atoms with Crippen LogP contribution >= 0.6 is 23.1 Å². The van der Waals surface area contributed by atoms with E-state index in [1.165, 1.54) is 23.1 Å². The molecule has 144 valence electrons. The van der Waals surface area contributed by atoms with Gasteiger partial charge in [0.1, 0.15) is 21.8 Å². The number of aryl methyl sites for hydroxylation is 2. The van der Waals surface area contributed by atoms with E-state index in [4.69, 9.17) is 9.72 Å². The number of ether oxygens (including phenoxy) is 1. The molecular weight excluding hydrogens is 390 g/mol. The highest BCUT2D eigenvalue weighted by Gasteiger charge is 2.16. The van der Waals surface area contributed by atoms with E-state index in [9.17, 15) is 10.1 Å². The zero-order valence-electron chi connectivity index (χ0n) is 16.3. The average molecular weight is 412 g/mol. The molecule has 1 aromatic carbocycles. The number of rotatable bonds is 6. The number of aromatic nitrogens is 1. The molecule has 1 amide bonds. The van der Waals surface area contributed by atoms with Gasteiger partial charge in [-0.25, -0.2) is 4.98 Å². The second kappa shape index (κ2) is 8.63. The first-order valence-electron chi connectivity index (χ1n) is 8.87. The Hall–Kier alpha value is -2.56. The quantitative estimate of drug-likeness (QED) is 0.572. The Kier molecular flexibility index (Phi) is 6.22. The standard InChI is InChI=1S/C21H21N3O2S2/c1-5-14-8-15-6-7-16(26-4)9-18(15)23-20(14)27-11-19(25)24-21-17(10-22)12(2)13(3)28-21/h6-9H,5,11H2,1-4H3,(H,24,25). The molecule has 3 rings (SSSR count). The first-order chi connectivity index (χ1) is 13.5. The fourth-order valence-corrected chi connectivity index (χ4v) is 4.74. The number of thioether (sulfide) groups is 1. The largest absolute Gasteiger partial charge is 0.497 e.